The lowest BCUT2D eigenvalue weighted by atomic mass is 10.1. The molecular weight excluding hydrogens is 753 g/mol. The minimum atomic E-state index is -4.29. The summed E-state index contributed by atoms with van der Waals surface area (Å²) < 4.78 is 37.7. The molecule has 3 N–H and O–H groups in total. The van der Waals surface area contributed by atoms with E-state index < -0.39 is 16.6 Å². The fourth-order valence-corrected chi connectivity index (χ4v) is 8.31. The molecule has 2 saturated heterocycles. The molecule has 5 aromatic rings. The van der Waals surface area contributed by atoms with Gasteiger partial charge in [0.1, 0.15) is 23.1 Å². The summed E-state index contributed by atoms with van der Waals surface area (Å²) in [5.74, 6) is 0.462. The molecule has 0 unspecified atom stereocenters. The van der Waals surface area contributed by atoms with E-state index in [1.807, 2.05) is 34.7 Å². The molecule has 286 valence electrons. The average molecular weight is 797 g/mol. The van der Waals surface area contributed by atoms with E-state index in [1.54, 1.807) is 64.5 Å². The normalized spacial score (nSPS) is 15.1. The summed E-state index contributed by atoms with van der Waals surface area (Å²) in [5, 5.41) is 8.33. The SMILES string of the molecule is Cl.Cl.Cn1c(Cc2ccc(C(=N)N)cc2)nc2cc(N(CC(=O)N3CCN(CC(=O)N4CCOCC4)CC3)S(=O)(=O)c3cccc4cccnc34)ccc21. The molecule has 0 saturated carbocycles. The summed E-state index contributed by atoms with van der Waals surface area (Å²) in [6, 6.07) is 21.2. The number of amides is 2. The highest BCUT2D eigenvalue weighted by Crippen LogP contribution is 2.31. The van der Waals surface area contributed by atoms with Gasteiger partial charge in [0.05, 0.1) is 42.0 Å². The number of halogens is 2. The van der Waals surface area contributed by atoms with Gasteiger partial charge in [-0.3, -0.25) is 29.2 Å². The van der Waals surface area contributed by atoms with Crippen molar-refractivity contribution in [3.63, 3.8) is 0 Å². The number of sulfonamides is 1. The van der Waals surface area contributed by atoms with Crippen LogP contribution in [0.3, 0.4) is 0 Å². The van der Waals surface area contributed by atoms with Crippen molar-refractivity contribution in [2.24, 2.45) is 12.8 Å². The second-order valence-electron chi connectivity index (χ2n) is 13.0. The van der Waals surface area contributed by atoms with Crippen LogP contribution < -0.4 is 10.0 Å². The van der Waals surface area contributed by atoms with Crippen LogP contribution in [0.25, 0.3) is 21.9 Å². The highest BCUT2D eigenvalue weighted by atomic mass is 35.5. The predicted octanol–water partition coefficient (Wildman–Crippen LogP) is 3.04. The molecule has 17 heteroatoms. The third kappa shape index (κ3) is 8.45. The standard InChI is InChI=1S/C37H41N9O5S.2ClH/c1-42-31-12-11-29(23-30(31)41-33(42)22-26-7-9-28(10-8-26)37(38)39)46(52(49,50)32-6-2-4-27-5-3-13-40-36(27)32)25-35(48)44-16-14-43(15-17-44)24-34(47)45-18-20-51-21-19-45;;/h2-13,23H,14-22,24-25H2,1H3,(H3,38,39);2*1H. The Morgan fingerprint density at radius 3 is 2.28 bits per heavy atom. The number of carbonyl (C=O) groups is 2. The molecule has 4 heterocycles. The number of nitrogens with two attached hydrogens (primary N) is 1. The summed E-state index contributed by atoms with van der Waals surface area (Å²) in [4.78, 5) is 41.5. The molecule has 0 aliphatic carbocycles. The number of piperazine rings is 1. The van der Waals surface area contributed by atoms with E-state index in [4.69, 9.17) is 20.9 Å². The number of fused-ring (bicyclic) bond motifs is 2. The molecule has 2 aromatic heterocycles. The van der Waals surface area contributed by atoms with Crippen LogP contribution in [0.5, 0.6) is 0 Å². The van der Waals surface area contributed by atoms with Crippen LogP contribution in [0.2, 0.25) is 0 Å². The van der Waals surface area contributed by atoms with Gasteiger partial charge >= 0.3 is 0 Å². The number of carbonyl (C=O) groups excluding carboxylic acids is 2. The number of nitrogens with zero attached hydrogens (tertiary/aromatic N) is 7. The van der Waals surface area contributed by atoms with E-state index in [0.29, 0.717) is 86.6 Å². The summed E-state index contributed by atoms with van der Waals surface area (Å²) in [5.41, 5.74) is 9.24. The van der Waals surface area contributed by atoms with Crippen LogP contribution in [0.4, 0.5) is 5.69 Å². The first-order chi connectivity index (χ1) is 25.1. The fraction of sp³-hybridized carbons (Fsp3) is 0.324. The molecule has 54 heavy (non-hydrogen) atoms. The lowest BCUT2D eigenvalue weighted by Crippen LogP contribution is -2.54. The van der Waals surface area contributed by atoms with Gasteiger partial charge in [0, 0.05) is 69.9 Å². The minimum absolute atomic E-state index is 0. The van der Waals surface area contributed by atoms with Crippen LogP contribution in [-0.2, 0) is 37.8 Å². The van der Waals surface area contributed by atoms with Crippen molar-refractivity contribution >= 4 is 80.1 Å². The Labute approximate surface area is 326 Å². The van der Waals surface area contributed by atoms with Gasteiger partial charge < -0.3 is 24.8 Å². The molecule has 0 radical (unpaired) electrons. The summed E-state index contributed by atoms with van der Waals surface area (Å²) in [7, 11) is -2.39. The highest BCUT2D eigenvalue weighted by Gasteiger charge is 2.33. The lowest BCUT2D eigenvalue weighted by molar-refractivity contribution is -0.137. The van der Waals surface area contributed by atoms with Crippen LogP contribution in [-0.4, -0.2) is 121 Å². The monoisotopic (exact) mass is 795 g/mol. The number of aryl methyl sites for hydroxylation is 1. The summed E-state index contributed by atoms with van der Waals surface area (Å²) >= 11 is 0. The van der Waals surface area contributed by atoms with Crippen molar-refractivity contribution < 1.29 is 22.7 Å². The summed E-state index contributed by atoms with van der Waals surface area (Å²) in [6.45, 7) is 3.82. The molecule has 0 spiro atoms. The number of hydrogen-bond acceptors (Lipinski definition) is 9. The zero-order valence-electron chi connectivity index (χ0n) is 29.8. The van der Waals surface area contributed by atoms with E-state index >= 15 is 0 Å². The minimum Gasteiger partial charge on any atom is -0.384 e. The number of morpholine rings is 1. The van der Waals surface area contributed by atoms with Crippen LogP contribution in [0, 0.1) is 5.41 Å². The Kier molecular flexibility index (Phi) is 12.8. The number of nitrogen functional groups attached to an aromatic ring is 1. The Hall–Kier alpha value is -4.80. The molecule has 0 bridgehead atoms. The van der Waals surface area contributed by atoms with Gasteiger partial charge in [-0.05, 0) is 35.9 Å². The molecule has 3 aromatic carbocycles. The van der Waals surface area contributed by atoms with E-state index in [0.717, 1.165) is 21.2 Å². The number of amidine groups is 1. The van der Waals surface area contributed by atoms with E-state index in [1.165, 1.54) is 6.07 Å². The maximum atomic E-state index is 14.6. The first kappa shape index (κ1) is 40.4. The van der Waals surface area contributed by atoms with Gasteiger partial charge in [-0.1, -0.05) is 42.5 Å². The Morgan fingerprint density at radius 2 is 1.57 bits per heavy atom. The topological polar surface area (TPSA) is 171 Å². The van der Waals surface area contributed by atoms with Crippen LogP contribution in [0.1, 0.15) is 17.0 Å². The van der Waals surface area contributed by atoms with Crippen molar-refractivity contribution in [1.29, 1.82) is 5.41 Å². The molecule has 7 rings (SSSR count). The van der Waals surface area contributed by atoms with Gasteiger partial charge in [-0.2, -0.15) is 0 Å². The second-order valence-corrected chi connectivity index (χ2v) is 14.9. The Bertz CT molecular complexity index is 2250. The maximum Gasteiger partial charge on any atom is 0.266 e. The second kappa shape index (κ2) is 17.1. The van der Waals surface area contributed by atoms with E-state index in [9.17, 15) is 18.0 Å². The van der Waals surface area contributed by atoms with Crippen molar-refractivity contribution in [1.82, 2.24) is 29.2 Å². The quantitative estimate of drug-likeness (QED) is 0.159. The average Bonchev–Trinajstić information content (AvgIpc) is 3.47. The molecule has 2 aliphatic rings. The Balaban J connectivity index is 0.00000280. The largest absolute Gasteiger partial charge is 0.384 e. The van der Waals surface area contributed by atoms with Crippen molar-refractivity contribution in [3.8, 4) is 0 Å². The number of aromatic nitrogens is 3. The Morgan fingerprint density at radius 1 is 0.889 bits per heavy atom. The highest BCUT2D eigenvalue weighted by molar-refractivity contribution is 7.93. The number of ether oxygens (including phenoxy) is 1. The van der Waals surface area contributed by atoms with E-state index in [-0.39, 0.29) is 53.9 Å². The maximum absolute atomic E-state index is 14.6. The molecule has 2 fully saturated rings. The predicted molar refractivity (Wildman–Crippen MR) is 212 cm³/mol. The van der Waals surface area contributed by atoms with Crippen LogP contribution in [0.15, 0.2) is 83.9 Å². The van der Waals surface area contributed by atoms with Crippen LogP contribution >= 0.6 is 24.8 Å². The number of imidazole rings is 1. The molecule has 2 aliphatic heterocycles. The van der Waals surface area contributed by atoms with Gasteiger partial charge in [0.25, 0.3) is 10.0 Å². The molecule has 0 atom stereocenters. The number of anilines is 1. The first-order valence-electron chi connectivity index (χ1n) is 17.2. The van der Waals surface area contributed by atoms with Gasteiger partial charge in [0.15, 0.2) is 0 Å². The molecular formula is C37H43Cl2N9O5S. The lowest BCUT2D eigenvalue weighted by Gasteiger charge is -2.37. The number of hydrogen-bond donors (Lipinski definition) is 2. The van der Waals surface area contributed by atoms with Gasteiger partial charge in [-0.15, -0.1) is 24.8 Å². The number of pyridine rings is 1. The number of rotatable bonds is 10. The van der Waals surface area contributed by atoms with Gasteiger partial charge in [-0.25, -0.2) is 13.4 Å². The number of nitrogens with one attached hydrogen (secondary N) is 1. The number of benzene rings is 3. The van der Waals surface area contributed by atoms with Crippen molar-refractivity contribution in [2.75, 3.05) is 69.9 Å². The smallest absolute Gasteiger partial charge is 0.266 e. The first-order valence-corrected chi connectivity index (χ1v) is 18.6. The summed E-state index contributed by atoms with van der Waals surface area (Å²) in [6.07, 6.45) is 2.06. The third-order valence-electron chi connectivity index (χ3n) is 9.76. The van der Waals surface area contributed by atoms with Crippen molar-refractivity contribution in [3.05, 3.63) is 95.9 Å². The van der Waals surface area contributed by atoms with Gasteiger partial charge in [0.2, 0.25) is 11.8 Å². The fourth-order valence-electron chi connectivity index (χ4n) is 6.74. The van der Waals surface area contributed by atoms with Crippen molar-refractivity contribution in [2.45, 2.75) is 11.3 Å². The molecule has 14 nitrogen and oxygen atoms in total. The van der Waals surface area contributed by atoms with E-state index in [2.05, 4.69) is 4.98 Å². The number of para-hydroxylation sites is 1. The zero-order chi connectivity index (χ0) is 36.4. The zero-order valence-corrected chi connectivity index (χ0v) is 32.2. The third-order valence-corrected chi connectivity index (χ3v) is 11.6. The molecule has 2 amide bonds.